The standard InChI is InChI=1S/C30H28/c1-3-4-24-7-9-25(10-8-24)11-12-26-13-17-28(18-14-26)30-21-19-29(20-22-30)27-15-5-23(2)6-16-27/h7-10,13-14,17-23,27H,5-6,15-16H2,1-2H3. The number of rotatable bonds is 2. The van der Waals surface area contributed by atoms with Crippen LogP contribution in [0.1, 0.15) is 67.7 Å². The van der Waals surface area contributed by atoms with Crippen LogP contribution in [0, 0.1) is 29.6 Å². The second-order valence-corrected chi connectivity index (χ2v) is 8.36. The van der Waals surface area contributed by atoms with Gasteiger partial charge in [-0.25, -0.2) is 0 Å². The van der Waals surface area contributed by atoms with Gasteiger partial charge in [-0.3, -0.25) is 0 Å². The van der Waals surface area contributed by atoms with Crippen LogP contribution in [0.2, 0.25) is 0 Å². The maximum atomic E-state index is 3.26. The maximum absolute atomic E-state index is 3.26. The number of hydrogen-bond acceptors (Lipinski definition) is 0. The van der Waals surface area contributed by atoms with Crippen LogP contribution in [0.4, 0.5) is 0 Å². The molecule has 0 unspecified atom stereocenters. The second kappa shape index (κ2) is 9.52. The molecule has 0 aromatic heterocycles. The van der Waals surface area contributed by atoms with Crippen molar-refractivity contribution in [2.24, 2.45) is 5.92 Å². The molecule has 0 amide bonds. The largest absolute Gasteiger partial charge is 0.101 e. The first-order valence-corrected chi connectivity index (χ1v) is 11.0. The van der Waals surface area contributed by atoms with Gasteiger partial charge in [0.25, 0.3) is 0 Å². The van der Waals surface area contributed by atoms with E-state index < -0.39 is 0 Å². The minimum atomic E-state index is 0.746. The van der Waals surface area contributed by atoms with Crippen molar-refractivity contribution in [1.82, 2.24) is 0 Å². The van der Waals surface area contributed by atoms with Crippen LogP contribution in [0.25, 0.3) is 11.1 Å². The van der Waals surface area contributed by atoms with E-state index in [1.165, 1.54) is 42.4 Å². The topological polar surface area (TPSA) is 0 Å². The van der Waals surface area contributed by atoms with E-state index in [9.17, 15) is 0 Å². The summed E-state index contributed by atoms with van der Waals surface area (Å²) < 4.78 is 0. The highest BCUT2D eigenvalue weighted by Gasteiger charge is 2.19. The highest BCUT2D eigenvalue weighted by Crippen LogP contribution is 2.36. The van der Waals surface area contributed by atoms with Crippen molar-refractivity contribution in [3.63, 3.8) is 0 Å². The molecule has 0 heterocycles. The van der Waals surface area contributed by atoms with Crippen molar-refractivity contribution in [2.45, 2.75) is 45.4 Å². The van der Waals surface area contributed by atoms with Crippen LogP contribution < -0.4 is 0 Å². The molecule has 1 aliphatic carbocycles. The average Bonchev–Trinajstić information content (AvgIpc) is 2.80. The van der Waals surface area contributed by atoms with E-state index in [0.29, 0.717) is 0 Å². The molecule has 1 fully saturated rings. The van der Waals surface area contributed by atoms with E-state index in [4.69, 9.17) is 0 Å². The molecule has 148 valence electrons. The molecular weight excluding hydrogens is 360 g/mol. The third-order valence-corrected chi connectivity index (χ3v) is 6.12. The molecule has 0 radical (unpaired) electrons. The summed E-state index contributed by atoms with van der Waals surface area (Å²) in [5.74, 6) is 14.1. The molecule has 1 aliphatic rings. The van der Waals surface area contributed by atoms with Gasteiger partial charge in [0.2, 0.25) is 0 Å². The first-order chi connectivity index (χ1) is 14.7. The minimum Gasteiger partial charge on any atom is -0.101 e. The normalized spacial score (nSPS) is 17.9. The Balaban J connectivity index is 1.43. The summed E-state index contributed by atoms with van der Waals surface area (Å²) in [6, 6.07) is 25.8. The van der Waals surface area contributed by atoms with Gasteiger partial charge >= 0.3 is 0 Å². The number of benzene rings is 3. The fourth-order valence-corrected chi connectivity index (χ4v) is 4.21. The third-order valence-electron chi connectivity index (χ3n) is 6.12. The lowest BCUT2D eigenvalue weighted by Crippen LogP contribution is -2.10. The van der Waals surface area contributed by atoms with Crippen molar-refractivity contribution in [3.05, 3.63) is 95.1 Å². The first-order valence-electron chi connectivity index (χ1n) is 11.0. The molecule has 4 rings (SSSR count). The SMILES string of the molecule is CC#Cc1ccc(C#Cc2ccc(-c3ccc(C4CCC(C)CC4)cc3)cc2)cc1. The smallest absolute Gasteiger partial charge is 0.0249 e. The van der Waals surface area contributed by atoms with E-state index in [1.54, 1.807) is 0 Å². The van der Waals surface area contributed by atoms with Crippen molar-refractivity contribution in [3.8, 4) is 34.8 Å². The molecule has 3 aromatic carbocycles. The third kappa shape index (κ3) is 5.03. The van der Waals surface area contributed by atoms with Gasteiger partial charge in [-0.1, -0.05) is 73.9 Å². The lowest BCUT2D eigenvalue weighted by atomic mass is 9.79. The van der Waals surface area contributed by atoms with Crippen LogP contribution in [0.15, 0.2) is 72.8 Å². The summed E-state index contributed by atoms with van der Waals surface area (Å²) in [5, 5.41) is 0. The molecule has 0 spiro atoms. The molecule has 0 heteroatoms. The molecular formula is C30H28. The fourth-order valence-electron chi connectivity index (χ4n) is 4.21. The summed E-state index contributed by atoms with van der Waals surface area (Å²) in [6.07, 6.45) is 5.41. The van der Waals surface area contributed by atoms with E-state index in [2.05, 4.69) is 79.1 Å². The van der Waals surface area contributed by atoms with Crippen LogP contribution in [-0.2, 0) is 0 Å². The van der Waals surface area contributed by atoms with Gasteiger partial charge in [0.05, 0.1) is 0 Å². The molecule has 3 aromatic rings. The van der Waals surface area contributed by atoms with E-state index >= 15 is 0 Å². The van der Waals surface area contributed by atoms with Crippen molar-refractivity contribution in [2.75, 3.05) is 0 Å². The second-order valence-electron chi connectivity index (χ2n) is 8.36. The fraction of sp³-hybridized carbons (Fsp3) is 0.267. The molecule has 0 nitrogen and oxygen atoms in total. The lowest BCUT2D eigenvalue weighted by Gasteiger charge is -2.26. The Labute approximate surface area is 181 Å². The summed E-state index contributed by atoms with van der Waals surface area (Å²) in [6.45, 7) is 4.23. The van der Waals surface area contributed by atoms with E-state index in [0.717, 1.165) is 28.5 Å². The van der Waals surface area contributed by atoms with Gasteiger partial charge in [-0.15, -0.1) is 5.92 Å². The summed E-state index contributed by atoms with van der Waals surface area (Å²) in [5.41, 5.74) is 7.08. The zero-order chi connectivity index (χ0) is 20.8. The van der Waals surface area contributed by atoms with Gasteiger partial charge in [0, 0.05) is 16.7 Å². The van der Waals surface area contributed by atoms with Crippen LogP contribution in [0.5, 0.6) is 0 Å². The van der Waals surface area contributed by atoms with Gasteiger partial charge < -0.3 is 0 Å². The lowest BCUT2D eigenvalue weighted by molar-refractivity contribution is 0.348. The Bertz CT molecular complexity index is 1080. The van der Waals surface area contributed by atoms with Gasteiger partial charge in [-0.2, -0.15) is 0 Å². The maximum Gasteiger partial charge on any atom is 0.0249 e. The van der Waals surface area contributed by atoms with Gasteiger partial charge in [0.1, 0.15) is 0 Å². The van der Waals surface area contributed by atoms with E-state index in [1.807, 2.05) is 31.2 Å². The molecule has 0 bridgehead atoms. The average molecular weight is 389 g/mol. The van der Waals surface area contributed by atoms with Crippen LogP contribution in [0.3, 0.4) is 0 Å². The Hall–Kier alpha value is -3.22. The molecule has 0 aliphatic heterocycles. The van der Waals surface area contributed by atoms with E-state index in [-0.39, 0.29) is 0 Å². The Kier molecular flexibility index (Phi) is 6.37. The zero-order valence-corrected chi connectivity index (χ0v) is 17.9. The quantitative estimate of drug-likeness (QED) is 0.401. The van der Waals surface area contributed by atoms with Crippen LogP contribution >= 0.6 is 0 Å². The van der Waals surface area contributed by atoms with Crippen molar-refractivity contribution < 1.29 is 0 Å². The van der Waals surface area contributed by atoms with Crippen molar-refractivity contribution in [1.29, 1.82) is 0 Å². The minimum absolute atomic E-state index is 0.746. The molecule has 0 atom stereocenters. The summed E-state index contributed by atoms with van der Waals surface area (Å²) in [4.78, 5) is 0. The summed E-state index contributed by atoms with van der Waals surface area (Å²) in [7, 11) is 0. The molecule has 0 saturated heterocycles. The highest BCUT2D eigenvalue weighted by atomic mass is 14.2. The summed E-state index contributed by atoms with van der Waals surface area (Å²) >= 11 is 0. The molecule has 0 N–H and O–H groups in total. The number of hydrogen-bond donors (Lipinski definition) is 0. The Morgan fingerprint density at radius 3 is 1.50 bits per heavy atom. The van der Waals surface area contributed by atoms with Crippen LogP contribution in [-0.4, -0.2) is 0 Å². The Morgan fingerprint density at radius 2 is 1.00 bits per heavy atom. The highest BCUT2D eigenvalue weighted by molar-refractivity contribution is 5.65. The Morgan fingerprint density at radius 1 is 0.567 bits per heavy atom. The molecule has 30 heavy (non-hydrogen) atoms. The van der Waals surface area contributed by atoms with Gasteiger partial charge in [0.15, 0.2) is 0 Å². The van der Waals surface area contributed by atoms with Gasteiger partial charge in [-0.05, 0) is 84.7 Å². The zero-order valence-electron chi connectivity index (χ0n) is 17.9. The first kappa shape index (κ1) is 20.1. The van der Waals surface area contributed by atoms with Crippen molar-refractivity contribution >= 4 is 0 Å². The predicted octanol–water partition coefficient (Wildman–Crippen LogP) is 7.42. The molecule has 1 saturated carbocycles. The predicted molar refractivity (Wildman–Crippen MR) is 127 cm³/mol. The monoisotopic (exact) mass is 388 g/mol.